The first-order valence-corrected chi connectivity index (χ1v) is 9.94. The number of fused-ring (bicyclic) bond motifs is 1. The first-order chi connectivity index (χ1) is 14.9. The largest absolute Gasteiger partial charge is 0.508 e. The quantitative estimate of drug-likeness (QED) is 0.550. The first-order valence-electron chi connectivity index (χ1n) is 9.94. The number of esters is 1. The Morgan fingerprint density at radius 2 is 1.84 bits per heavy atom. The number of anilines is 1. The lowest BCUT2D eigenvalue weighted by molar-refractivity contribution is -0.0936. The average molecular weight is 427 g/mol. The summed E-state index contributed by atoms with van der Waals surface area (Å²) in [5.41, 5.74) is 0.538. The van der Waals surface area contributed by atoms with E-state index in [-0.39, 0.29) is 29.0 Å². The Labute approximate surface area is 177 Å². The number of halogens is 1. The Morgan fingerprint density at radius 1 is 1.16 bits per heavy atom. The number of nitrogens with one attached hydrogen (secondary N) is 1. The molecule has 3 N–H and O–H groups in total. The number of H-pyrrole nitrogens is 1. The molecule has 3 aromatic rings. The summed E-state index contributed by atoms with van der Waals surface area (Å²) in [4.78, 5) is 30.7. The fraction of sp³-hybridized carbons (Fsp3) is 0.273. The Balaban J connectivity index is 1.92. The second-order valence-electron chi connectivity index (χ2n) is 7.26. The van der Waals surface area contributed by atoms with E-state index in [1.807, 2.05) is 0 Å². The minimum absolute atomic E-state index is 0.0348. The zero-order valence-electron chi connectivity index (χ0n) is 16.9. The average Bonchev–Trinajstić information content (AvgIpc) is 2.75. The fourth-order valence-electron chi connectivity index (χ4n) is 3.72. The maximum atomic E-state index is 14.9. The summed E-state index contributed by atoms with van der Waals surface area (Å²) >= 11 is 0. The Morgan fingerprint density at radius 3 is 2.48 bits per heavy atom. The third kappa shape index (κ3) is 3.97. The number of carbonyl (C=O) groups excluding carboxylic acids is 1. The van der Waals surface area contributed by atoms with Gasteiger partial charge in [-0.05, 0) is 48.9 Å². The van der Waals surface area contributed by atoms with E-state index in [4.69, 9.17) is 4.74 Å². The van der Waals surface area contributed by atoms with Crippen LogP contribution >= 0.6 is 0 Å². The van der Waals surface area contributed by atoms with Crippen molar-refractivity contribution in [2.45, 2.75) is 6.92 Å². The van der Waals surface area contributed by atoms with Crippen LogP contribution in [0, 0.1) is 5.82 Å². The van der Waals surface area contributed by atoms with Gasteiger partial charge in [-0.1, -0.05) is 0 Å². The number of aromatic nitrogens is 1. The van der Waals surface area contributed by atoms with Gasteiger partial charge in [0.25, 0.3) is 0 Å². The lowest BCUT2D eigenvalue weighted by Gasteiger charge is -2.33. The predicted molar refractivity (Wildman–Crippen MR) is 113 cm³/mol. The molecule has 31 heavy (non-hydrogen) atoms. The molecular formula is C22H22FN3O5. The standard InChI is InChI=1S/C22H22FN3O5/c1-2-31-22(29)19-20(13-3-5-14(27)6-4-13)24-17-12-18(16(23)11-15(17)21(19)28)25-7-9-26(30)10-8-25/h3-6,11-12,27,30H,2,7-10H2,1H3,(H,24,28). The highest BCUT2D eigenvalue weighted by Crippen LogP contribution is 2.29. The van der Waals surface area contributed by atoms with Crippen molar-refractivity contribution < 1.29 is 24.2 Å². The van der Waals surface area contributed by atoms with Gasteiger partial charge in [0.1, 0.15) is 17.1 Å². The molecule has 0 spiro atoms. The number of benzene rings is 2. The van der Waals surface area contributed by atoms with Crippen LogP contribution in [0.2, 0.25) is 0 Å². The van der Waals surface area contributed by atoms with E-state index in [2.05, 4.69) is 4.98 Å². The van der Waals surface area contributed by atoms with Gasteiger partial charge >= 0.3 is 5.97 Å². The molecule has 0 radical (unpaired) electrons. The summed E-state index contributed by atoms with van der Waals surface area (Å²) in [7, 11) is 0. The Kier molecular flexibility index (Phi) is 5.62. The zero-order valence-corrected chi connectivity index (χ0v) is 16.9. The number of phenolic OH excluding ortho intramolecular Hbond substituents is 1. The summed E-state index contributed by atoms with van der Waals surface area (Å²) in [6.45, 7) is 3.30. The molecule has 0 amide bonds. The number of hydrogen-bond donors (Lipinski definition) is 3. The Bertz CT molecular complexity index is 1180. The number of aromatic amines is 1. The lowest BCUT2D eigenvalue weighted by Crippen LogP contribution is -2.45. The number of rotatable bonds is 4. The maximum absolute atomic E-state index is 14.9. The number of aromatic hydroxyl groups is 1. The van der Waals surface area contributed by atoms with Gasteiger partial charge in [0.05, 0.1) is 23.5 Å². The molecule has 162 valence electrons. The van der Waals surface area contributed by atoms with Gasteiger partial charge in [-0.25, -0.2) is 9.18 Å². The van der Waals surface area contributed by atoms with Crippen LogP contribution in [0.5, 0.6) is 5.75 Å². The fourth-order valence-corrected chi connectivity index (χ4v) is 3.72. The number of ether oxygens (including phenoxy) is 1. The summed E-state index contributed by atoms with van der Waals surface area (Å²) in [6, 6.07) is 8.69. The highest BCUT2D eigenvalue weighted by Gasteiger charge is 2.24. The maximum Gasteiger partial charge on any atom is 0.344 e. The van der Waals surface area contributed by atoms with Crippen LogP contribution in [0.4, 0.5) is 10.1 Å². The molecule has 0 unspecified atom stereocenters. The summed E-state index contributed by atoms with van der Waals surface area (Å²) < 4.78 is 20.0. The van der Waals surface area contributed by atoms with Gasteiger partial charge in [-0.2, -0.15) is 5.06 Å². The second-order valence-corrected chi connectivity index (χ2v) is 7.26. The van der Waals surface area contributed by atoms with Crippen molar-refractivity contribution in [2.24, 2.45) is 0 Å². The van der Waals surface area contributed by atoms with Crippen molar-refractivity contribution in [1.82, 2.24) is 10.0 Å². The molecule has 0 atom stereocenters. The highest BCUT2D eigenvalue weighted by molar-refractivity contribution is 6.00. The van der Waals surface area contributed by atoms with E-state index >= 15 is 0 Å². The minimum Gasteiger partial charge on any atom is -0.508 e. The van der Waals surface area contributed by atoms with Crippen molar-refractivity contribution >= 4 is 22.6 Å². The van der Waals surface area contributed by atoms with E-state index in [9.17, 15) is 24.3 Å². The number of carbonyl (C=O) groups is 1. The molecule has 1 aliphatic heterocycles. The number of hydrogen-bond acceptors (Lipinski definition) is 7. The van der Waals surface area contributed by atoms with Crippen LogP contribution < -0.4 is 10.3 Å². The number of pyridine rings is 1. The van der Waals surface area contributed by atoms with Crippen LogP contribution in [-0.2, 0) is 4.74 Å². The molecule has 0 saturated carbocycles. The first kappa shape index (κ1) is 20.8. The molecule has 8 nitrogen and oxygen atoms in total. The van der Waals surface area contributed by atoms with E-state index in [0.29, 0.717) is 42.9 Å². The van der Waals surface area contributed by atoms with Gasteiger partial charge < -0.3 is 24.9 Å². The van der Waals surface area contributed by atoms with Crippen LogP contribution in [-0.4, -0.2) is 59.1 Å². The van der Waals surface area contributed by atoms with Gasteiger partial charge in [-0.15, -0.1) is 0 Å². The van der Waals surface area contributed by atoms with Crippen LogP contribution in [0.3, 0.4) is 0 Å². The number of phenols is 1. The molecule has 0 aliphatic carbocycles. The van der Waals surface area contributed by atoms with Crippen molar-refractivity contribution in [2.75, 3.05) is 37.7 Å². The van der Waals surface area contributed by atoms with Crippen molar-refractivity contribution in [3.8, 4) is 17.0 Å². The summed E-state index contributed by atoms with van der Waals surface area (Å²) in [6.07, 6.45) is 0. The number of piperazine rings is 1. The molecule has 4 rings (SSSR count). The molecule has 1 aromatic heterocycles. The molecule has 1 aliphatic rings. The van der Waals surface area contributed by atoms with Crippen LogP contribution in [0.15, 0.2) is 41.2 Å². The molecule has 2 heterocycles. The number of hydroxylamine groups is 2. The normalized spacial score (nSPS) is 14.7. The molecule has 0 bridgehead atoms. The number of nitrogens with zero attached hydrogens (tertiary/aromatic N) is 2. The monoisotopic (exact) mass is 427 g/mol. The van der Waals surface area contributed by atoms with E-state index < -0.39 is 17.2 Å². The van der Waals surface area contributed by atoms with Crippen LogP contribution in [0.25, 0.3) is 22.2 Å². The summed E-state index contributed by atoms with van der Waals surface area (Å²) in [5, 5.41) is 20.4. The SMILES string of the molecule is CCOC(=O)c1c(-c2ccc(O)cc2)[nH]c2cc(N3CCN(O)CC3)c(F)cc2c1=O. The second kappa shape index (κ2) is 8.37. The lowest BCUT2D eigenvalue weighted by atomic mass is 10.0. The van der Waals surface area contributed by atoms with E-state index in [1.165, 1.54) is 23.3 Å². The topological polar surface area (TPSA) is 106 Å². The minimum atomic E-state index is -0.808. The summed E-state index contributed by atoms with van der Waals surface area (Å²) in [5.74, 6) is -1.36. The smallest absolute Gasteiger partial charge is 0.344 e. The van der Waals surface area contributed by atoms with Gasteiger partial charge in [0, 0.05) is 31.6 Å². The van der Waals surface area contributed by atoms with E-state index in [0.717, 1.165) is 6.07 Å². The van der Waals surface area contributed by atoms with Gasteiger partial charge in [0.15, 0.2) is 0 Å². The van der Waals surface area contributed by atoms with Gasteiger partial charge in [0.2, 0.25) is 5.43 Å². The molecule has 1 fully saturated rings. The molecule has 9 heteroatoms. The molecular weight excluding hydrogens is 405 g/mol. The van der Waals surface area contributed by atoms with Crippen molar-refractivity contribution in [3.63, 3.8) is 0 Å². The molecule has 2 aromatic carbocycles. The highest BCUT2D eigenvalue weighted by atomic mass is 19.1. The third-order valence-corrected chi connectivity index (χ3v) is 5.30. The van der Waals surface area contributed by atoms with Gasteiger partial charge in [-0.3, -0.25) is 4.79 Å². The third-order valence-electron chi connectivity index (χ3n) is 5.30. The predicted octanol–water partition coefficient (Wildman–Crippen LogP) is 2.73. The van der Waals surface area contributed by atoms with Crippen molar-refractivity contribution in [1.29, 1.82) is 0 Å². The van der Waals surface area contributed by atoms with Crippen molar-refractivity contribution in [3.05, 3.63) is 58.0 Å². The van der Waals surface area contributed by atoms with Crippen LogP contribution in [0.1, 0.15) is 17.3 Å². The Hall–Kier alpha value is -3.43. The van der Waals surface area contributed by atoms with E-state index in [1.54, 1.807) is 24.0 Å². The molecule has 1 saturated heterocycles. The zero-order chi connectivity index (χ0) is 22.1.